The average molecular weight is 268 g/mol. The number of carbonyl (C=O) groups excluding carboxylic acids is 1. The minimum absolute atomic E-state index is 0.0911. The molecule has 5 nitrogen and oxygen atoms in total. The summed E-state index contributed by atoms with van der Waals surface area (Å²) in [7, 11) is 0. The van der Waals surface area contributed by atoms with Crippen LogP contribution in [-0.2, 0) is 14.3 Å². The number of fused-ring (bicyclic) bond motifs is 2. The first-order valence-corrected chi connectivity index (χ1v) is 6.84. The summed E-state index contributed by atoms with van der Waals surface area (Å²) >= 11 is 0. The molecule has 4 atom stereocenters. The molecule has 2 N–H and O–H groups in total. The molecule has 2 bridgehead atoms. The third kappa shape index (κ3) is 3.56. The fourth-order valence-corrected chi connectivity index (χ4v) is 2.72. The Morgan fingerprint density at radius 1 is 1.26 bits per heavy atom. The predicted molar refractivity (Wildman–Crippen MR) is 67.3 cm³/mol. The molecule has 3 aliphatic rings. The zero-order valence-corrected chi connectivity index (χ0v) is 10.8. The minimum atomic E-state index is -0.653. The van der Waals surface area contributed by atoms with E-state index in [4.69, 9.17) is 9.84 Å². The van der Waals surface area contributed by atoms with Crippen molar-refractivity contribution in [2.45, 2.75) is 50.7 Å². The first-order chi connectivity index (χ1) is 9.08. The number of carbonyl (C=O) groups is 2. The van der Waals surface area contributed by atoms with E-state index in [1.165, 1.54) is 0 Å². The van der Waals surface area contributed by atoms with E-state index in [2.05, 4.69) is 0 Å². The molecule has 5 heteroatoms. The molecule has 1 heterocycles. The van der Waals surface area contributed by atoms with Crippen molar-refractivity contribution >= 4 is 11.9 Å². The molecular weight excluding hydrogens is 248 g/mol. The number of hydrogen-bond donors (Lipinski definition) is 2. The molecule has 3 rings (SSSR count). The number of hydrogen-bond acceptors (Lipinski definition) is 4. The molecule has 0 amide bonds. The van der Waals surface area contributed by atoms with Crippen LogP contribution in [0, 0.1) is 11.8 Å². The van der Waals surface area contributed by atoms with Gasteiger partial charge in [0, 0.05) is 6.42 Å². The van der Waals surface area contributed by atoms with E-state index in [0.29, 0.717) is 0 Å². The molecular formula is C14H20O5. The van der Waals surface area contributed by atoms with Crippen LogP contribution in [-0.4, -0.2) is 34.4 Å². The Morgan fingerprint density at radius 2 is 2.05 bits per heavy atom. The van der Waals surface area contributed by atoms with Gasteiger partial charge < -0.3 is 14.9 Å². The molecule has 1 unspecified atom stereocenters. The lowest BCUT2D eigenvalue weighted by atomic mass is 9.88. The molecule has 2 fully saturated rings. The number of allylic oxidation sites excluding steroid dienone is 2. The van der Waals surface area contributed by atoms with Crippen LogP contribution in [0.2, 0.25) is 0 Å². The van der Waals surface area contributed by atoms with Gasteiger partial charge in [-0.25, -0.2) is 0 Å². The van der Waals surface area contributed by atoms with Gasteiger partial charge in [-0.3, -0.25) is 9.59 Å². The van der Waals surface area contributed by atoms with Gasteiger partial charge in [-0.15, -0.1) is 0 Å². The van der Waals surface area contributed by atoms with Gasteiger partial charge in [-0.05, 0) is 32.1 Å². The second-order valence-electron chi connectivity index (χ2n) is 5.37. The number of carboxylic acids is 1. The summed E-state index contributed by atoms with van der Waals surface area (Å²) in [5.74, 6) is -0.788. The van der Waals surface area contributed by atoms with Crippen molar-refractivity contribution in [1.29, 1.82) is 0 Å². The highest BCUT2D eigenvalue weighted by Crippen LogP contribution is 2.34. The number of ether oxygens (including phenoxy) is 1. The van der Waals surface area contributed by atoms with E-state index < -0.39 is 12.1 Å². The maximum Gasteiger partial charge on any atom is 0.309 e. The Hall–Kier alpha value is -1.36. The van der Waals surface area contributed by atoms with Crippen molar-refractivity contribution < 1.29 is 24.5 Å². The van der Waals surface area contributed by atoms with Gasteiger partial charge >= 0.3 is 11.9 Å². The molecule has 1 saturated carbocycles. The van der Waals surface area contributed by atoms with Gasteiger partial charge in [-0.2, -0.15) is 0 Å². The van der Waals surface area contributed by atoms with Gasteiger partial charge in [0.15, 0.2) is 0 Å². The Balaban J connectivity index is 0.000000141. The lowest BCUT2D eigenvalue weighted by molar-refractivity contribution is -0.145. The molecule has 1 aliphatic heterocycles. The lowest BCUT2D eigenvalue weighted by Gasteiger charge is -2.19. The van der Waals surface area contributed by atoms with E-state index in [1.807, 2.05) is 12.2 Å². The summed E-state index contributed by atoms with van der Waals surface area (Å²) in [5.41, 5.74) is 0. The first-order valence-electron chi connectivity index (χ1n) is 6.84. The van der Waals surface area contributed by atoms with Crippen LogP contribution in [0.5, 0.6) is 0 Å². The number of carboxylic acid groups (broad SMARTS) is 1. The Bertz CT molecular complexity index is 376. The van der Waals surface area contributed by atoms with Crippen molar-refractivity contribution in [2.75, 3.05) is 0 Å². The maximum atomic E-state index is 10.9. The number of aliphatic hydroxyl groups excluding tert-OH is 1. The van der Waals surface area contributed by atoms with Crippen molar-refractivity contribution in [3.8, 4) is 0 Å². The first kappa shape index (κ1) is 14.1. The van der Waals surface area contributed by atoms with Crippen molar-refractivity contribution in [3.63, 3.8) is 0 Å². The van der Waals surface area contributed by atoms with Crippen LogP contribution in [0.3, 0.4) is 0 Å². The van der Waals surface area contributed by atoms with Crippen LogP contribution in [0.4, 0.5) is 0 Å². The molecule has 0 aromatic heterocycles. The summed E-state index contributed by atoms with van der Waals surface area (Å²) in [6.45, 7) is 0. The van der Waals surface area contributed by atoms with Crippen LogP contribution in [0.1, 0.15) is 38.5 Å². The van der Waals surface area contributed by atoms with Crippen LogP contribution >= 0.6 is 0 Å². The largest absolute Gasteiger partial charge is 0.481 e. The second kappa shape index (κ2) is 6.19. The van der Waals surface area contributed by atoms with E-state index in [9.17, 15) is 14.7 Å². The zero-order valence-electron chi connectivity index (χ0n) is 10.8. The molecule has 1 saturated heterocycles. The van der Waals surface area contributed by atoms with Crippen LogP contribution in [0.25, 0.3) is 0 Å². The van der Waals surface area contributed by atoms with Crippen molar-refractivity contribution in [3.05, 3.63) is 12.2 Å². The van der Waals surface area contributed by atoms with E-state index in [-0.39, 0.29) is 23.9 Å². The predicted octanol–water partition coefficient (Wildman–Crippen LogP) is 1.50. The quantitative estimate of drug-likeness (QED) is 0.556. The van der Waals surface area contributed by atoms with E-state index in [1.54, 1.807) is 0 Å². The van der Waals surface area contributed by atoms with Gasteiger partial charge in [-0.1, -0.05) is 12.2 Å². The number of aliphatic hydroxyl groups is 1. The van der Waals surface area contributed by atoms with Crippen LogP contribution in [0.15, 0.2) is 12.2 Å². The van der Waals surface area contributed by atoms with E-state index >= 15 is 0 Å². The minimum Gasteiger partial charge on any atom is -0.481 e. The number of rotatable bonds is 1. The number of aliphatic carboxylic acids is 1. The fraction of sp³-hybridized carbons (Fsp3) is 0.714. The summed E-state index contributed by atoms with van der Waals surface area (Å²) < 4.78 is 4.91. The highest BCUT2D eigenvalue weighted by molar-refractivity contribution is 5.75. The Morgan fingerprint density at radius 3 is 2.58 bits per heavy atom. The van der Waals surface area contributed by atoms with Crippen LogP contribution < -0.4 is 0 Å². The second-order valence-corrected chi connectivity index (χ2v) is 5.37. The highest BCUT2D eigenvalue weighted by Gasteiger charge is 2.42. The molecule has 106 valence electrons. The van der Waals surface area contributed by atoms with Gasteiger partial charge in [0.05, 0.1) is 17.9 Å². The van der Waals surface area contributed by atoms with Gasteiger partial charge in [0.2, 0.25) is 0 Å². The summed E-state index contributed by atoms with van der Waals surface area (Å²) in [4.78, 5) is 21.2. The molecule has 0 radical (unpaired) electrons. The number of esters is 1. The maximum absolute atomic E-state index is 10.9. The monoisotopic (exact) mass is 268 g/mol. The Labute approximate surface area is 112 Å². The Kier molecular flexibility index (Phi) is 4.58. The normalized spacial score (nSPS) is 36.2. The molecule has 0 aromatic carbocycles. The summed E-state index contributed by atoms with van der Waals surface area (Å²) in [6.07, 6.45) is 8.12. The van der Waals surface area contributed by atoms with Gasteiger partial charge in [0.1, 0.15) is 6.10 Å². The van der Waals surface area contributed by atoms with Crippen molar-refractivity contribution in [2.24, 2.45) is 11.8 Å². The van der Waals surface area contributed by atoms with Crippen molar-refractivity contribution in [1.82, 2.24) is 0 Å². The standard InChI is InChI=1S/C7H10O3.C7H10O2/c8-5-2-1-4-3-6(5)10-7(4)9;8-7(9)6-4-2-1-3-5-6/h4-6,8H,1-3H2;1-2,6H,3-5H2,(H,8,9)/t4-,5-,6-;/m0./s1. The molecule has 2 aliphatic carbocycles. The SMILES string of the molecule is O=C(O)C1CC=CCC1.O=C1O[C@H]2C[C@@H]1CC[C@@H]2O. The smallest absolute Gasteiger partial charge is 0.309 e. The zero-order chi connectivity index (χ0) is 13.8. The average Bonchev–Trinajstić information content (AvgIpc) is 2.73. The highest BCUT2D eigenvalue weighted by atomic mass is 16.6. The third-order valence-electron chi connectivity index (χ3n) is 3.98. The summed E-state index contributed by atoms with van der Waals surface area (Å²) in [5, 5.41) is 17.7. The lowest BCUT2D eigenvalue weighted by Crippen LogP contribution is -2.28. The fourth-order valence-electron chi connectivity index (χ4n) is 2.72. The molecule has 0 aromatic rings. The third-order valence-corrected chi connectivity index (χ3v) is 3.98. The van der Waals surface area contributed by atoms with Gasteiger partial charge in [0.25, 0.3) is 0 Å². The molecule has 0 spiro atoms. The molecule has 19 heavy (non-hydrogen) atoms. The summed E-state index contributed by atoms with van der Waals surface area (Å²) in [6, 6.07) is 0. The van der Waals surface area contributed by atoms with E-state index in [0.717, 1.165) is 38.5 Å². The topological polar surface area (TPSA) is 83.8 Å².